The molecule has 222 valence electrons. The summed E-state index contributed by atoms with van der Waals surface area (Å²) in [6.45, 7) is -0.662. The Morgan fingerprint density at radius 2 is 1.16 bits per heavy atom. The Morgan fingerprint density at radius 3 is 1.48 bits per heavy atom. The Labute approximate surface area is 247 Å². The maximum absolute atomic E-state index is 13.2. The predicted octanol–water partition coefficient (Wildman–Crippen LogP) is 3.48. The zero-order valence-corrected chi connectivity index (χ0v) is 23.5. The molecule has 2 heterocycles. The van der Waals surface area contributed by atoms with E-state index in [9.17, 15) is 47.6 Å². The van der Waals surface area contributed by atoms with Gasteiger partial charge in [0.05, 0.1) is 56.4 Å². The average molecular weight is 637 g/mol. The fraction of sp³-hybridized carbons (Fsp3) is 0.0769. The van der Waals surface area contributed by atoms with Gasteiger partial charge in [0.25, 0.3) is 11.4 Å². The maximum Gasteiger partial charge on any atom is 0.279 e. The molecule has 0 atom stereocenters. The van der Waals surface area contributed by atoms with Crippen LogP contribution in [0, 0.1) is 42.9 Å². The Kier molecular flexibility index (Phi) is 7.59. The highest BCUT2D eigenvalue weighted by Crippen LogP contribution is 2.54. The third kappa shape index (κ3) is 5.32. The first-order chi connectivity index (χ1) is 20.9. The van der Waals surface area contributed by atoms with Crippen molar-refractivity contribution in [2.45, 2.75) is 22.9 Å². The predicted molar refractivity (Wildman–Crippen MR) is 148 cm³/mol. The minimum atomic E-state index is -4.50. The van der Waals surface area contributed by atoms with Crippen LogP contribution in [0.1, 0.15) is 22.6 Å². The quantitative estimate of drug-likeness (QED) is 0.127. The van der Waals surface area contributed by atoms with Crippen LogP contribution in [0.4, 0.5) is 11.4 Å². The summed E-state index contributed by atoms with van der Waals surface area (Å²) >= 11 is 0. The summed E-state index contributed by atoms with van der Waals surface area (Å²) in [7, 11) is -9.00. The zero-order valence-electron chi connectivity index (χ0n) is 21.9. The molecule has 16 nitrogen and oxygen atoms in total. The number of hydrogen-bond acceptors (Lipinski definition) is 12. The van der Waals surface area contributed by atoms with Crippen LogP contribution < -0.4 is 9.44 Å². The number of nitrogens with zero attached hydrogens (tertiary/aromatic N) is 4. The molecule has 4 aromatic rings. The van der Waals surface area contributed by atoms with Gasteiger partial charge >= 0.3 is 0 Å². The maximum atomic E-state index is 13.2. The summed E-state index contributed by atoms with van der Waals surface area (Å²) in [6, 6.07) is 12.4. The van der Waals surface area contributed by atoms with Crippen molar-refractivity contribution in [3.63, 3.8) is 0 Å². The number of sulfonamides is 2. The molecule has 0 aliphatic heterocycles. The van der Waals surface area contributed by atoms with Gasteiger partial charge in [0.2, 0.25) is 20.0 Å². The van der Waals surface area contributed by atoms with Crippen molar-refractivity contribution in [3.8, 4) is 23.3 Å². The molecule has 1 aliphatic rings. The first-order valence-corrected chi connectivity index (χ1v) is 15.1. The molecule has 0 bridgehead atoms. The minimum absolute atomic E-state index is 0.221. The zero-order chi connectivity index (χ0) is 31.8. The van der Waals surface area contributed by atoms with Gasteiger partial charge in [-0.15, -0.1) is 0 Å². The van der Waals surface area contributed by atoms with Crippen LogP contribution in [0.15, 0.2) is 85.3 Å². The van der Waals surface area contributed by atoms with Crippen LogP contribution in [0.5, 0.6) is 0 Å². The molecule has 2 aromatic carbocycles. The molecular formula is C26H16N6O10S2. The van der Waals surface area contributed by atoms with Crippen molar-refractivity contribution in [2.75, 3.05) is 0 Å². The van der Waals surface area contributed by atoms with E-state index in [1.54, 1.807) is 12.1 Å². The summed E-state index contributed by atoms with van der Waals surface area (Å²) in [5.74, 6) is 0.442. The lowest BCUT2D eigenvalue weighted by Gasteiger charge is -2.10. The van der Waals surface area contributed by atoms with E-state index >= 15 is 0 Å². The second kappa shape index (κ2) is 11.2. The number of rotatable bonds is 10. The Morgan fingerprint density at radius 1 is 0.750 bits per heavy atom. The second-order valence-electron chi connectivity index (χ2n) is 9.03. The van der Waals surface area contributed by atoms with Crippen molar-refractivity contribution >= 4 is 37.0 Å². The first kappa shape index (κ1) is 29.8. The Bertz CT molecular complexity index is 2020. The van der Waals surface area contributed by atoms with Crippen molar-refractivity contribution in [1.29, 1.82) is 10.5 Å². The van der Waals surface area contributed by atoms with Crippen LogP contribution in [-0.2, 0) is 33.1 Å². The van der Waals surface area contributed by atoms with E-state index in [0.717, 1.165) is 12.1 Å². The van der Waals surface area contributed by atoms with Crippen LogP contribution >= 0.6 is 0 Å². The van der Waals surface area contributed by atoms with Gasteiger partial charge in [0, 0.05) is 28.8 Å². The molecule has 1 aliphatic carbocycles. The molecule has 0 radical (unpaired) electrons. The third-order valence-corrected chi connectivity index (χ3v) is 9.25. The SMILES string of the molecule is N#CC(C#N)=C1c2cc(S(=O)(=O)NCc3ccco3)cc([N+](=O)[O-])c2-c2c1cc(S(=O)(=O)NCc1ccco1)cc2[N+](=O)[O-]. The monoisotopic (exact) mass is 636 g/mol. The highest BCUT2D eigenvalue weighted by atomic mass is 32.2. The molecule has 0 saturated heterocycles. The van der Waals surface area contributed by atoms with Gasteiger partial charge in [0.15, 0.2) is 0 Å². The third-order valence-electron chi connectivity index (χ3n) is 6.49. The number of benzene rings is 2. The van der Waals surface area contributed by atoms with E-state index < -0.39 is 73.3 Å². The first-order valence-electron chi connectivity index (χ1n) is 12.1. The van der Waals surface area contributed by atoms with E-state index in [4.69, 9.17) is 8.83 Å². The van der Waals surface area contributed by atoms with Gasteiger partial charge in [-0.2, -0.15) is 10.5 Å². The van der Waals surface area contributed by atoms with Gasteiger partial charge in [-0.3, -0.25) is 20.2 Å². The van der Waals surface area contributed by atoms with E-state index in [1.165, 1.54) is 36.8 Å². The number of allylic oxidation sites excluding steroid dienone is 1. The summed E-state index contributed by atoms with van der Waals surface area (Å²) in [6.07, 6.45) is 2.61. The second-order valence-corrected chi connectivity index (χ2v) is 12.6. The normalized spacial score (nSPS) is 12.2. The smallest absolute Gasteiger partial charge is 0.279 e. The highest BCUT2D eigenvalue weighted by Gasteiger charge is 2.41. The Hall–Kier alpha value is -5.66. The fourth-order valence-electron chi connectivity index (χ4n) is 4.60. The van der Waals surface area contributed by atoms with Gasteiger partial charge in [-0.05, 0) is 36.4 Å². The molecule has 0 spiro atoms. The fourth-order valence-corrected chi connectivity index (χ4v) is 6.67. The summed E-state index contributed by atoms with van der Waals surface area (Å²) in [5.41, 5.74) is -4.59. The lowest BCUT2D eigenvalue weighted by Crippen LogP contribution is -2.23. The molecule has 2 aromatic heterocycles. The molecule has 5 rings (SSSR count). The Balaban J connectivity index is 1.76. The number of fused-ring (bicyclic) bond motifs is 3. The van der Waals surface area contributed by atoms with E-state index in [1.807, 2.05) is 0 Å². The molecule has 0 fully saturated rings. The van der Waals surface area contributed by atoms with E-state index in [-0.39, 0.29) is 35.7 Å². The molecule has 0 unspecified atom stereocenters. The number of nitrogens with one attached hydrogen (secondary N) is 2. The average Bonchev–Trinajstić information content (AvgIpc) is 3.76. The highest BCUT2D eigenvalue weighted by molar-refractivity contribution is 7.89. The van der Waals surface area contributed by atoms with Gasteiger partial charge in [-0.1, -0.05) is 0 Å². The number of hydrogen-bond donors (Lipinski definition) is 2. The van der Waals surface area contributed by atoms with Crippen LogP contribution in [-0.4, -0.2) is 26.7 Å². The van der Waals surface area contributed by atoms with E-state index in [2.05, 4.69) is 9.44 Å². The largest absolute Gasteiger partial charge is 0.468 e. The number of nitro benzene ring substituents is 2. The molecule has 0 amide bonds. The number of nitriles is 2. The van der Waals surface area contributed by atoms with Gasteiger partial charge in [0.1, 0.15) is 29.2 Å². The van der Waals surface area contributed by atoms with Crippen molar-refractivity contribution < 1.29 is 35.5 Å². The summed E-state index contributed by atoms with van der Waals surface area (Å²) in [4.78, 5) is 21.2. The van der Waals surface area contributed by atoms with Crippen LogP contribution in [0.3, 0.4) is 0 Å². The topological polar surface area (TPSA) is 252 Å². The summed E-state index contributed by atoms with van der Waals surface area (Å²) < 4.78 is 67.4. The number of nitro groups is 2. The van der Waals surface area contributed by atoms with Crippen molar-refractivity contribution in [3.05, 3.63) is 110 Å². The van der Waals surface area contributed by atoms with Crippen molar-refractivity contribution in [1.82, 2.24) is 9.44 Å². The number of furan rings is 2. The van der Waals surface area contributed by atoms with Gasteiger partial charge in [-0.25, -0.2) is 26.3 Å². The lowest BCUT2D eigenvalue weighted by molar-refractivity contribution is -0.386. The van der Waals surface area contributed by atoms with Crippen LogP contribution in [0.25, 0.3) is 16.7 Å². The molecular weight excluding hydrogens is 620 g/mol. The molecule has 18 heteroatoms. The molecule has 2 N–H and O–H groups in total. The van der Waals surface area contributed by atoms with Crippen molar-refractivity contribution in [2.24, 2.45) is 0 Å². The minimum Gasteiger partial charge on any atom is -0.468 e. The lowest BCUT2D eigenvalue weighted by atomic mass is 9.99. The standard InChI is InChI=1S/C26H16N6O10S2/c27-11-15(12-28)24-20-7-18(43(37,38)29-13-16-3-1-5-41-16)9-22(31(33)34)25(20)26-21(24)8-19(10-23(26)32(35)36)44(39,40)30-14-17-4-2-6-42-17/h1-10,29-30H,13-14H2. The van der Waals surface area contributed by atoms with Gasteiger partial charge < -0.3 is 8.83 Å². The molecule has 44 heavy (non-hydrogen) atoms. The molecule has 0 saturated carbocycles. The van der Waals surface area contributed by atoms with Crippen LogP contribution in [0.2, 0.25) is 0 Å². The summed E-state index contributed by atoms with van der Waals surface area (Å²) in [5, 5.41) is 44.0. The van der Waals surface area contributed by atoms with E-state index in [0.29, 0.717) is 12.1 Å².